The minimum absolute atomic E-state index is 0.178. The summed E-state index contributed by atoms with van der Waals surface area (Å²) in [6.45, 7) is 1.24. The molecule has 1 nitrogen and oxygen atoms in total. The fourth-order valence-corrected chi connectivity index (χ4v) is 1.14. The zero-order chi connectivity index (χ0) is 11.6. The van der Waals surface area contributed by atoms with Crippen molar-refractivity contribution in [3.63, 3.8) is 0 Å². The van der Waals surface area contributed by atoms with Crippen LogP contribution >= 0.6 is 0 Å². The maximum absolute atomic E-state index is 12.3. The molecule has 0 N–H and O–H groups in total. The second-order valence-electron chi connectivity index (χ2n) is 3.21. The summed E-state index contributed by atoms with van der Waals surface area (Å²) in [7, 11) is 5.43. The van der Waals surface area contributed by atoms with Crippen LogP contribution in [-0.2, 0) is 11.0 Å². The van der Waals surface area contributed by atoms with Crippen molar-refractivity contribution in [1.82, 2.24) is 0 Å². The first-order valence-electron chi connectivity index (χ1n) is 4.25. The lowest BCUT2D eigenvalue weighted by molar-refractivity contribution is -0.137. The van der Waals surface area contributed by atoms with Gasteiger partial charge in [-0.15, -0.1) is 0 Å². The first kappa shape index (κ1) is 11.8. The molecule has 1 aromatic carbocycles. The van der Waals surface area contributed by atoms with Gasteiger partial charge in [0.1, 0.15) is 5.78 Å². The summed E-state index contributed by atoms with van der Waals surface area (Å²) >= 11 is 0. The van der Waals surface area contributed by atoms with Crippen molar-refractivity contribution >= 4 is 13.6 Å². The lowest BCUT2D eigenvalue weighted by Crippen LogP contribution is -2.11. The van der Waals surface area contributed by atoms with Gasteiger partial charge >= 0.3 is 6.18 Å². The van der Waals surface area contributed by atoms with Crippen LogP contribution in [0.2, 0.25) is 0 Å². The Hall–Kier alpha value is -1.26. The molecule has 1 aromatic rings. The van der Waals surface area contributed by atoms with Crippen LogP contribution in [0.5, 0.6) is 0 Å². The van der Waals surface area contributed by atoms with E-state index in [1.54, 1.807) is 0 Å². The number of benzene rings is 1. The van der Waals surface area contributed by atoms with Gasteiger partial charge in [-0.1, -0.05) is 18.2 Å². The highest BCUT2D eigenvalue weighted by atomic mass is 19.4. The Bertz CT molecular complexity index is 373. The molecule has 0 bridgehead atoms. The quantitative estimate of drug-likeness (QED) is 0.688. The monoisotopic (exact) mass is 212 g/mol. The Morgan fingerprint density at radius 1 is 1.40 bits per heavy atom. The van der Waals surface area contributed by atoms with Crippen LogP contribution in [-0.4, -0.2) is 13.6 Å². The van der Waals surface area contributed by atoms with E-state index in [1.807, 2.05) is 0 Å². The predicted octanol–water partition coefficient (Wildman–Crippen LogP) is 2.50. The van der Waals surface area contributed by atoms with Gasteiger partial charge in [-0.2, -0.15) is 13.2 Å². The molecule has 2 radical (unpaired) electrons. The number of halogens is 3. The first-order valence-corrected chi connectivity index (χ1v) is 4.25. The number of rotatable bonds is 2. The van der Waals surface area contributed by atoms with Crippen LogP contribution in [0.4, 0.5) is 13.2 Å². The maximum Gasteiger partial charge on any atom is 0.416 e. The van der Waals surface area contributed by atoms with Crippen molar-refractivity contribution in [3.05, 3.63) is 35.4 Å². The van der Waals surface area contributed by atoms with Crippen molar-refractivity contribution < 1.29 is 18.0 Å². The summed E-state index contributed by atoms with van der Waals surface area (Å²) in [6, 6.07) is 4.48. The van der Waals surface area contributed by atoms with Gasteiger partial charge in [0.15, 0.2) is 0 Å². The molecule has 78 valence electrons. The molecule has 0 fully saturated rings. The van der Waals surface area contributed by atoms with Crippen LogP contribution < -0.4 is 0 Å². The second kappa shape index (κ2) is 4.09. The Balaban J connectivity index is 3.08. The van der Waals surface area contributed by atoms with Gasteiger partial charge in [0.05, 0.1) is 13.4 Å². The van der Waals surface area contributed by atoms with E-state index in [0.29, 0.717) is 0 Å². The molecular weight excluding hydrogens is 204 g/mol. The summed E-state index contributed by atoms with van der Waals surface area (Å²) in [4.78, 5) is 10.9. The topological polar surface area (TPSA) is 17.1 Å². The smallest absolute Gasteiger partial charge is 0.300 e. The first-order chi connectivity index (χ1) is 6.82. The normalized spacial score (nSPS) is 13.6. The van der Waals surface area contributed by atoms with Crippen LogP contribution in [0.3, 0.4) is 0 Å². The molecule has 0 aliphatic rings. The third-order valence-electron chi connectivity index (χ3n) is 2.01. The molecule has 1 rings (SSSR count). The van der Waals surface area contributed by atoms with Crippen molar-refractivity contribution in [1.29, 1.82) is 0 Å². The summed E-state index contributed by atoms with van der Waals surface area (Å²) in [5.41, 5.74) is -0.617. The van der Waals surface area contributed by atoms with Crippen molar-refractivity contribution in [2.75, 3.05) is 0 Å². The number of alkyl halides is 3. The molecule has 15 heavy (non-hydrogen) atoms. The van der Waals surface area contributed by atoms with E-state index in [9.17, 15) is 18.0 Å². The van der Waals surface area contributed by atoms with Gasteiger partial charge in [0.2, 0.25) is 0 Å². The Kier molecular flexibility index (Phi) is 3.22. The van der Waals surface area contributed by atoms with E-state index >= 15 is 0 Å². The third-order valence-corrected chi connectivity index (χ3v) is 2.01. The summed E-state index contributed by atoms with van der Waals surface area (Å²) < 4.78 is 36.9. The molecule has 0 saturated carbocycles. The summed E-state index contributed by atoms with van der Waals surface area (Å²) in [6.07, 6.45) is -4.41. The highest BCUT2D eigenvalue weighted by Crippen LogP contribution is 2.30. The molecule has 5 heteroatoms. The van der Waals surface area contributed by atoms with E-state index in [1.165, 1.54) is 19.1 Å². The van der Waals surface area contributed by atoms with Gasteiger partial charge in [-0.3, -0.25) is 0 Å². The number of ketones is 1. The Morgan fingerprint density at radius 2 is 2.00 bits per heavy atom. The molecule has 0 aromatic heterocycles. The van der Waals surface area contributed by atoms with Gasteiger partial charge in [-0.05, 0) is 18.6 Å². The predicted molar refractivity (Wildman–Crippen MR) is 50.6 cm³/mol. The standard InChI is InChI=1S/C10H8BF3O/c1-6(15)9(11)7-3-2-4-8(5-7)10(12,13)14/h2-5,9H,1H3. The average Bonchev–Trinajstić information content (AvgIpc) is 2.15. The van der Waals surface area contributed by atoms with Crippen LogP contribution in [0.25, 0.3) is 0 Å². The fourth-order valence-electron chi connectivity index (χ4n) is 1.14. The summed E-state index contributed by atoms with van der Waals surface area (Å²) in [5, 5.41) is 0. The summed E-state index contributed by atoms with van der Waals surface area (Å²) in [5.74, 6) is -1.36. The van der Waals surface area contributed by atoms with Gasteiger partial charge in [0, 0.05) is 5.82 Å². The van der Waals surface area contributed by atoms with E-state index in [2.05, 4.69) is 0 Å². The van der Waals surface area contributed by atoms with Crippen LogP contribution in [0.15, 0.2) is 24.3 Å². The van der Waals surface area contributed by atoms with E-state index in [0.717, 1.165) is 12.1 Å². The number of carbonyl (C=O) groups is 1. The van der Waals surface area contributed by atoms with E-state index in [-0.39, 0.29) is 11.3 Å². The molecule has 0 heterocycles. The zero-order valence-electron chi connectivity index (χ0n) is 8.01. The highest BCUT2D eigenvalue weighted by molar-refractivity contribution is 6.24. The van der Waals surface area contributed by atoms with Crippen LogP contribution in [0, 0.1) is 0 Å². The third kappa shape index (κ3) is 2.84. The van der Waals surface area contributed by atoms with Crippen molar-refractivity contribution in [2.45, 2.75) is 18.9 Å². The number of Topliss-reactive ketones (excluding diaryl/α,β-unsaturated/α-hetero) is 1. The van der Waals surface area contributed by atoms with Crippen LogP contribution in [0.1, 0.15) is 23.9 Å². The molecule has 1 atom stereocenters. The highest BCUT2D eigenvalue weighted by Gasteiger charge is 2.30. The lowest BCUT2D eigenvalue weighted by atomic mass is 9.78. The average molecular weight is 212 g/mol. The maximum atomic E-state index is 12.3. The molecule has 1 unspecified atom stereocenters. The molecule has 0 amide bonds. The SMILES string of the molecule is [B]C(C(C)=O)c1cccc(C(F)(F)F)c1. The number of hydrogen-bond acceptors (Lipinski definition) is 1. The molecule has 0 aliphatic carbocycles. The van der Waals surface area contributed by atoms with Gasteiger partial charge < -0.3 is 4.79 Å². The van der Waals surface area contributed by atoms with Crippen molar-refractivity contribution in [2.24, 2.45) is 0 Å². The molecule has 0 saturated heterocycles. The van der Waals surface area contributed by atoms with Gasteiger partial charge in [0.25, 0.3) is 0 Å². The zero-order valence-corrected chi connectivity index (χ0v) is 8.01. The van der Waals surface area contributed by atoms with E-state index < -0.39 is 17.6 Å². The minimum atomic E-state index is -4.41. The second-order valence-corrected chi connectivity index (χ2v) is 3.21. The Morgan fingerprint density at radius 3 is 2.47 bits per heavy atom. The lowest BCUT2D eigenvalue weighted by Gasteiger charge is -2.12. The Labute approximate surface area is 86.7 Å². The van der Waals surface area contributed by atoms with E-state index in [4.69, 9.17) is 7.85 Å². The molecule has 0 aliphatic heterocycles. The largest absolute Gasteiger partial charge is 0.416 e. The fraction of sp³-hybridized carbons (Fsp3) is 0.300. The van der Waals surface area contributed by atoms with Crippen molar-refractivity contribution in [3.8, 4) is 0 Å². The number of hydrogen-bond donors (Lipinski definition) is 0. The molecular formula is C10H8BF3O. The van der Waals surface area contributed by atoms with Gasteiger partial charge in [-0.25, -0.2) is 0 Å². The number of carbonyl (C=O) groups excluding carboxylic acids is 1. The molecule has 0 spiro atoms. The minimum Gasteiger partial charge on any atom is -0.300 e.